The van der Waals surface area contributed by atoms with E-state index < -0.39 is 0 Å². The molecule has 1 aromatic heterocycles. The van der Waals surface area contributed by atoms with Crippen LogP contribution in [0.3, 0.4) is 0 Å². The molecular formula is C23H23FN4O2. The predicted molar refractivity (Wildman–Crippen MR) is 112 cm³/mol. The van der Waals surface area contributed by atoms with Crippen LogP contribution in [0.1, 0.15) is 23.2 Å². The van der Waals surface area contributed by atoms with Crippen molar-refractivity contribution >= 4 is 12.0 Å². The van der Waals surface area contributed by atoms with Gasteiger partial charge in [0, 0.05) is 18.3 Å². The SMILES string of the molecule is COc1cc(C=C2CCNN(Cc3ccc(F)cc3)C2=O)ccc1-n1cnc(C)c1. The Morgan fingerprint density at radius 2 is 2.03 bits per heavy atom. The predicted octanol–water partition coefficient (Wildman–Crippen LogP) is 3.65. The topological polar surface area (TPSA) is 59.4 Å². The van der Waals surface area contributed by atoms with Gasteiger partial charge in [0.05, 0.1) is 31.4 Å². The number of benzene rings is 2. The van der Waals surface area contributed by atoms with Crippen molar-refractivity contribution in [1.29, 1.82) is 0 Å². The number of carbonyl (C=O) groups excluding carboxylic acids is 1. The monoisotopic (exact) mass is 406 g/mol. The van der Waals surface area contributed by atoms with E-state index in [1.807, 2.05) is 42.0 Å². The first-order chi connectivity index (χ1) is 14.5. The fourth-order valence-electron chi connectivity index (χ4n) is 3.46. The van der Waals surface area contributed by atoms with E-state index in [1.165, 1.54) is 12.1 Å². The van der Waals surface area contributed by atoms with Gasteiger partial charge in [-0.3, -0.25) is 9.80 Å². The lowest BCUT2D eigenvalue weighted by Gasteiger charge is -2.29. The summed E-state index contributed by atoms with van der Waals surface area (Å²) in [4.78, 5) is 17.2. The number of carbonyl (C=O) groups is 1. The molecule has 4 rings (SSSR count). The van der Waals surface area contributed by atoms with Gasteiger partial charge in [-0.2, -0.15) is 0 Å². The Hall–Kier alpha value is -3.45. The van der Waals surface area contributed by atoms with Crippen LogP contribution in [-0.4, -0.2) is 34.1 Å². The van der Waals surface area contributed by atoms with Crippen molar-refractivity contribution in [1.82, 2.24) is 20.0 Å². The third-order valence-corrected chi connectivity index (χ3v) is 5.01. The van der Waals surface area contributed by atoms with Crippen LogP contribution in [-0.2, 0) is 11.3 Å². The maximum atomic E-state index is 13.1. The second kappa shape index (κ2) is 8.51. The average Bonchev–Trinajstić information content (AvgIpc) is 3.18. The Balaban J connectivity index is 1.56. The molecule has 1 saturated heterocycles. The van der Waals surface area contributed by atoms with Gasteiger partial charge in [0.2, 0.25) is 0 Å². The minimum Gasteiger partial charge on any atom is -0.495 e. The molecule has 1 aliphatic heterocycles. The second-order valence-corrected chi connectivity index (χ2v) is 7.20. The Morgan fingerprint density at radius 3 is 2.73 bits per heavy atom. The largest absolute Gasteiger partial charge is 0.495 e. The molecule has 154 valence electrons. The first-order valence-electron chi connectivity index (χ1n) is 9.73. The number of nitrogens with one attached hydrogen (secondary N) is 1. The summed E-state index contributed by atoms with van der Waals surface area (Å²) < 4.78 is 20.6. The first kappa shape index (κ1) is 19.8. The van der Waals surface area contributed by atoms with Crippen molar-refractivity contribution in [3.63, 3.8) is 0 Å². The molecular weight excluding hydrogens is 383 g/mol. The minimum absolute atomic E-state index is 0.0844. The van der Waals surface area contributed by atoms with E-state index >= 15 is 0 Å². The summed E-state index contributed by atoms with van der Waals surface area (Å²) in [5, 5.41) is 1.57. The zero-order valence-electron chi connectivity index (χ0n) is 16.9. The van der Waals surface area contributed by atoms with Crippen LogP contribution in [0.15, 0.2) is 60.6 Å². The third-order valence-electron chi connectivity index (χ3n) is 5.01. The maximum Gasteiger partial charge on any atom is 0.264 e. The Labute approximate surface area is 174 Å². The summed E-state index contributed by atoms with van der Waals surface area (Å²) in [6.45, 7) is 2.96. The van der Waals surface area contributed by atoms with Crippen LogP contribution in [0.25, 0.3) is 11.8 Å². The van der Waals surface area contributed by atoms with Gasteiger partial charge in [0.25, 0.3) is 5.91 Å². The molecule has 0 unspecified atom stereocenters. The Morgan fingerprint density at radius 1 is 1.23 bits per heavy atom. The molecule has 0 radical (unpaired) electrons. The van der Waals surface area contributed by atoms with Crippen LogP contribution in [0.4, 0.5) is 4.39 Å². The lowest BCUT2D eigenvalue weighted by Crippen LogP contribution is -2.47. The fraction of sp³-hybridized carbons (Fsp3) is 0.217. The van der Waals surface area contributed by atoms with Crippen molar-refractivity contribution in [2.45, 2.75) is 19.9 Å². The van der Waals surface area contributed by atoms with Crippen LogP contribution in [0, 0.1) is 12.7 Å². The van der Waals surface area contributed by atoms with Gasteiger partial charge in [-0.05, 0) is 54.8 Å². The standard InChI is InChI=1S/C23H23FN4O2/c1-16-13-27(15-25-16)21-8-5-18(12-22(21)30-2)11-19-9-10-26-28(23(19)29)14-17-3-6-20(24)7-4-17/h3-8,11-13,15,26H,9-10,14H2,1-2H3. The molecule has 0 atom stereocenters. The number of rotatable bonds is 5. The number of ether oxygens (including phenoxy) is 1. The number of methoxy groups -OCH3 is 1. The number of aromatic nitrogens is 2. The summed E-state index contributed by atoms with van der Waals surface area (Å²) in [5.74, 6) is 0.325. The maximum absolute atomic E-state index is 13.1. The average molecular weight is 406 g/mol. The van der Waals surface area contributed by atoms with E-state index in [0.29, 0.717) is 30.8 Å². The number of imidazole rings is 1. The van der Waals surface area contributed by atoms with E-state index in [1.54, 1.807) is 30.6 Å². The Kier molecular flexibility index (Phi) is 5.63. The van der Waals surface area contributed by atoms with Crippen LogP contribution in [0.5, 0.6) is 5.75 Å². The molecule has 2 heterocycles. The Bertz CT molecular complexity index is 1090. The summed E-state index contributed by atoms with van der Waals surface area (Å²) >= 11 is 0. The molecule has 0 bridgehead atoms. The number of halogens is 1. The van der Waals surface area contributed by atoms with Crippen LogP contribution in [0.2, 0.25) is 0 Å². The van der Waals surface area contributed by atoms with Gasteiger partial charge in [0.1, 0.15) is 11.6 Å². The summed E-state index contributed by atoms with van der Waals surface area (Å²) in [7, 11) is 1.62. The van der Waals surface area contributed by atoms with E-state index in [2.05, 4.69) is 10.4 Å². The molecule has 1 fully saturated rings. The van der Waals surface area contributed by atoms with Crippen molar-refractivity contribution in [2.24, 2.45) is 0 Å². The molecule has 30 heavy (non-hydrogen) atoms. The lowest BCUT2D eigenvalue weighted by molar-refractivity contribution is -0.132. The van der Waals surface area contributed by atoms with Crippen molar-refractivity contribution in [2.75, 3.05) is 13.7 Å². The molecule has 0 aliphatic carbocycles. The fourth-order valence-corrected chi connectivity index (χ4v) is 3.46. The van der Waals surface area contributed by atoms with Gasteiger partial charge in [-0.1, -0.05) is 18.2 Å². The highest BCUT2D eigenvalue weighted by molar-refractivity contribution is 5.98. The van der Waals surface area contributed by atoms with Gasteiger partial charge in [-0.25, -0.2) is 14.8 Å². The van der Waals surface area contributed by atoms with Gasteiger partial charge < -0.3 is 9.30 Å². The van der Waals surface area contributed by atoms with E-state index in [9.17, 15) is 9.18 Å². The number of amides is 1. The molecule has 3 aromatic rings. The number of hydrazine groups is 1. The highest BCUT2D eigenvalue weighted by Crippen LogP contribution is 2.26. The lowest BCUT2D eigenvalue weighted by atomic mass is 10.0. The zero-order chi connectivity index (χ0) is 21.1. The second-order valence-electron chi connectivity index (χ2n) is 7.20. The van der Waals surface area contributed by atoms with E-state index in [4.69, 9.17) is 4.74 Å². The van der Waals surface area contributed by atoms with Crippen molar-refractivity contribution in [3.8, 4) is 11.4 Å². The molecule has 6 nitrogen and oxygen atoms in total. The van der Waals surface area contributed by atoms with Crippen LogP contribution < -0.4 is 10.2 Å². The highest BCUT2D eigenvalue weighted by Gasteiger charge is 2.23. The molecule has 7 heteroatoms. The third kappa shape index (κ3) is 4.26. The van der Waals surface area contributed by atoms with Gasteiger partial charge >= 0.3 is 0 Å². The molecule has 1 N–H and O–H groups in total. The molecule has 0 spiro atoms. The summed E-state index contributed by atoms with van der Waals surface area (Å²) in [5.41, 5.74) is 7.38. The summed E-state index contributed by atoms with van der Waals surface area (Å²) in [6.07, 6.45) is 6.20. The normalized spacial score (nSPS) is 15.6. The van der Waals surface area contributed by atoms with E-state index in [-0.39, 0.29) is 11.7 Å². The molecule has 2 aromatic carbocycles. The number of hydrogen-bond donors (Lipinski definition) is 1. The smallest absolute Gasteiger partial charge is 0.264 e. The van der Waals surface area contributed by atoms with Crippen LogP contribution >= 0.6 is 0 Å². The van der Waals surface area contributed by atoms with E-state index in [0.717, 1.165) is 22.5 Å². The first-order valence-corrected chi connectivity index (χ1v) is 9.73. The minimum atomic E-state index is -0.291. The molecule has 1 aliphatic rings. The van der Waals surface area contributed by atoms with Crippen molar-refractivity contribution in [3.05, 3.63) is 83.2 Å². The number of aryl methyl sites for hydroxylation is 1. The summed E-state index contributed by atoms with van der Waals surface area (Å²) in [6, 6.07) is 12.0. The highest BCUT2D eigenvalue weighted by atomic mass is 19.1. The number of nitrogens with zero attached hydrogens (tertiary/aromatic N) is 3. The zero-order valence-corrected chi connectivity index (χ0v) is 16.9. The molecule has 1 amide bonds. The number of hydrogen-bond acceptors (Lipinski definition) is 4. The van der Waals surface area contributed by atoms with Gasteiger partial charge in [0.15, 0.2) is 0 Å². The van der Waals surface area contributed by atoms with Gasteiger partial charge in [-0.15, -0.1) is 0 Å². The molecule has 0 saturated carbocycles. The van der Waals surface area contributed by atoms with Crippen molar-refractivity contribution < 1.29 is 13.9 Å². The quantitative estimate of drug-likeness (QED) is 0.657.